The minimum atomic E-state index is -0.728. The van der Waals surface area contributed by atoms with Gasteiger partial charge in [-0.05, 0) is 36.2 Å². The van der Waals surface area contributed by atoms with E-state index in [9.17, 15) is 9.59 Å². The van der Waals surface area contributed by atoms with Crippen molar-refractivity contribution in [2.45, 2.75) is 25.8 Å². The summed E-state index contributed by atoms with van der Waals surface area (Å²) in [5.41, 5.74) is 1.92. The number of guanidine groups is 1. The maximum absolute atomic E-state index is 12.7. The van der Waals surface area contributed by atoms with Crippen molar-refractivity contribution in [3.05, 3.63) is 54.2 Å². The number of nitrogens with one attached hydrogen (secondary N) is 2. The Labute approximate surface area is 176 Å². The number of benzene rings is 1. The molecule has 3 heterocycles. The Morgan fingerprint density at radius 2 is 1.83 bits per heavy atom. The normalized spacial score (nSPS) is 19.2. The fraction of sp³-hybridized carbons (Fsp3) is 0.364. The highest BCUT2D eigenvalue weighted by molar-refractivity contribution is 6.06. The molecule has 0 unspecified atom stereocenters. The van der Waals surface area contributed by atoms with E-state index in [-0.39, 0.29) is 18.2 Å². The van der Waals surface area contributed by atoms with Gasteiger partial charge in [0.2, 0.25) is 17.8 Å². The van der Waals surface area contributed by atoms with Gasteiger partial charge in [-0.15, -0.1) is 0 Å². The van der Waals surface area contributed by atoms with Gasteiger partial charge < -0.3 is 15.1 Å². The zero-order valence-electron chi connectivity index (χ0n) is 17.0. The zero-order valence-corrected chi connectivity index (χ0v) is 17.0. The maximum Gasteiger partial charge on any atom is 0.249 e. The summed E-state index contributed by atoms with van der Waals surface area (Å²) in [6, 6.07) is 12.9. The Kier molecular flexibility index (Phi) is 5.92. The molecule has 8 heteroatoms. The van der Waals surface area contributed by atoms with Crippen LogP contribution in [0.3, 0.4) is 0 Å². The lowest BCUT2D eigenvalue weighted by Gasteiger charge is -2.38. The van der Waals surface area contributed by atoms with Gasteiger partial charge in [0.25, 0.3) is 0 Å². The van der Waals surface area contributed by atoms with Gasteiger partial charge in [0, 0.05) is 38.1 Å². The number of anilines is 2. The third-order valence-electron chi connectivity index (χ3n) is 5.39. The Hall–Kier alpha value is -3.42. The summed E-state index contributed by atoms with van der Waals surface area (Å²) < 4.78 is 0. The number of carbonyl (C=O) groups excluding carboxylic acids is 2. The average Bonchev–Trinajstić information content (AvgIpc) is 2.80. The molecule has 2 aliphatic rings. The molecule has 2 amide bonds. The van der Waals surface area contributed by atoms with Crippen LogP contribution in [0.5, 0.6) is 0 Å². The first-order valence-electron chi connectivity index (χ1n) is 10.3. The lowest BCUT2D eigenvalue weighted by molar-refractivity contribution is -0.125. The molecule has 2 aromatic rings. The van der Waals surface area contributed by atoms with Gasteiger partial charge in [-0.2, -0.15) is 0 Å². The van der Waals surface area contributed by atoms with Crippen LogP contribution in [0.2, 0.25) is 0 Å². The summed E-state index contributed by atoms with van der Waals surface area (Å²) in [6.07, 6.45) is 2.78. The van der Waals surface area contributed by atoms with Crippen LogP contribution in [0, 0.1) is 0 Å². The number of piperazine rings is 1. The predicted molar refractivity (Wildman–Crippen MR) is 116 cm³/mol. The van der Waals surface area contributed by atoms with Crippen LogP contribution in [0.15, 0.2) is 53.7 Å². The van der Waals surface area contributed by atoms with E-state index in [0.717, 1.165) is 25.3 Å². The van der Waals surface area contributed by atoms with Crippen LogP contribution in [0.1, 0.15) is 18.9 Å². The smallest absolute Gasteiger partial charge is 0.249 e. The molecule has 30 heavy (non-hydrogen) atoms. The average molecular weight is 406 g/mol. The number of amides is 2. The third-order valence-corrected chi connectivity index (χ3v) is 5.39. The van der Waals surface area contributed by atoms with Gasteiger partial charge >= 0.3 is 0 Å². The summed E-state index contributed by atoms with van der Waals surface area (Å²) >= 11 is 0. The first-order valence-corrected chi connectivity index (χ1v) is 10.3. The van der Waals surface area contributed by atoms with Crippen LogP contribution in [-0.4, -0.2) is 59.9 Å². The second-order valence-corrected chi connectivity index (χ2v) is 7.42. The Morgan fingerprint density at radius 3 is 2.50 bits per heavy atom. The summed E-state index contributed by atoms with van der Waals surface area (Å²) in [6.45, 7) is 5.02. The van der Waals surface area contributed by atoms with Crippen molar-refractivity contribution in [2.24, 2.45) is 4.99 Å². The highest BCUT2D eigenvalue weighted by Crippen LogP contribution is 2.16. The highest BCUT2D eigenvalue weighted by Gasteiger charge is 2.30. The quantitative estimate of drug-likeness (QED) is 0.806. The minimum Gasteiger partial charge on any atom is -0.353 e. The van der Waals surface area contributed by atoms with E-state index in [1.807, 2.05) is 47.4 Å². The van der Waals surface area contributed by atoms with E-state index < -0.39 is 6.04 Å². The van der Waals surface area contributed by atoms with Crippen molar-refractivity contribution in [3.8, 4) is 0 Å². The monoisotopic (exact) mass is 406 g/mol. The van der Waals surface area contributed by atoms with Crippen LogP contribution < -0.4 is 15.5 Å². The molecule has 0 aliphatic carbocycles. The first-order chi connectivity index (χ1) is 14.6. The van der Waals surface area contributed by atoms with Gasteiger partial charge in [0.15, 0.2) is 0 Å². The number of carbonyl (C=O) groups is 2. The molecule has 1 atom stereocenters. The zero-order chi connectivity index (χ0) is 20.9. The van der Waals surface area contributed by atoms with Crippen molar-refractivity contribution in [1.29, 1.82) is 0 Å². The molecule has 2 aliphatic heterocycles. The predicted octanol–water partition coefficient (Wildman–Crippen LogP) is 1.65. The number of hydrogen-bond acceptors (Lipinski definition) is 6. The van der Waals surface area contributed by atoms with Gasteiger partial charge in [-0.1, -0.05) is 25.1 Å². The summed E-state index contributed by atoms with van der Waals surface area (Å²) in [5, 5.41) is 5.70. The van der Waals surface area contributed by atoms with Crippen LogP contribution in [0.4, 0.5) is 11.5 Å². The molecule has 4 rings (SSSR count). The summed E-state index contributed by atoms with van der Waals surface area (Å²) in [7, 11) is 0. The topological polar surface area (TPSA) is 89.9 Å². The molecular formula is C22H26N6O2. The molecule has 0 saturated carbocycles. The third kappa shape index (κ3) is 4.59. The van der Waals surface area contributed by atoms with Crippen molar-refractivity contribution < 1.29 is 9.59 Å². The molecule has 1 saturated heterocycles. The van der Waals surface area contributed by atoms with Gasteiger partial charge in [-0.3, -0.25) is 14.9 Å². The molecular weight excluding hydrogens is 380 g/mol. The fourth-order valence-corrected chi connectivity index (χ4v) is 3.63. The second kappa shape index (κ2) is 8.94. The SMILES string of the molecule is CCc1ccc(NC(=O)[C@@H]2CC(=O)NC(N3CCN(c4ccccn4)CC3)=N2)cc1. The number of rotatable bonds is 4. The van der Waals surface area contributed by atoms with E-state index in [0.29, 0.717) is 24.7 Å². The molecule has 2 N–H and O–H groups in total. The molecule has 156 valence electrons. The van der Waals surface area contributed by atoms with E-state index in [2.05, 4.69) is 32.4 Å². The van der Waals surface area contributed by atoms with Gasteiger partial charge in [-0.25, -0.2) is 9.98 Å². The fourth-order valence-electron chi connectivity index (χ4n) is 3.63. The summed E-state index contributed by atoms with van der Waals surface area (Å²) in [4.78, 5) is 38.1. The number of pyridine rings is 1. The Morgan fingerprint density at radius 1 is 1.10 bits per heavy atom. The largest absolute Gasteiger partial charge is 0.353 e. The lowest BCUT2D eigenvalue weighted by Crippen LogP contribution is -2.56. The molecule has 0 spiro atoms. The van der Waals surface area contributed by atoms with Crippen molar-refractivity contribution in [1.82, 2.24) is 15.2 Å². The molecule has 0 bridgehead atoms. The van der Waals surface area contributed by atoms with Crippen LogP contribution in [0.25, 0.3) is 0 Å². The standard InChI is InChI=1S/C22H26N6O2/c1-2-16-6-8-17(9-7-16)24-21(30)18-15-20(29)26-22(25-18)28-13-11-27(12-14-28)19-5-3-4-10-23-19/h3-10,18H,2,11-15H2,1H3,(H,24,30)(H,25,26,29)/t18-/m0/s1. The van der Waals surface area contributed by atoms with Crippen molar-refractivity contribution in [3.63, 3.8) is 0 Å². The number of hydrogen-bond donors (Lipinski definition) is 2. The number of nitrogens with zero attached hydrogens (tertiary/aromatic N) is 4. The van der Waals surface area contributed by atoms with E-state index in [1.165, 1.54) is 5.56 Å². The molecule has 8 nitrogen and oxygen atoms in total. The van der Waals surface area contributed by atoms with E-state index in [1.54, 1.807) is 6.20 Å². The number of aliphatic imine (C=N–C) groups is 1. The van der Waals surface area contributed by atoms with Gasteiger partial charge in [0.1, 0.15) is 11.9 Å². The van der Waals surface area contributed by atoms with Crippen LogP contribution >= 0.6 is 0 Å². The second-order valence-electron chi connectivity index (χ2n) is 7.42. The Bertz CT molecular complexity index is 920. The lowest BCUT2D eigenvalue weighted by atomic mass is 10.1. The minimum absolute atomic E-state index is 0.0519. The van der Waals surface area contributed by atoms with E-state index in [4.69, 9.17) is 0 Å². The Balaban J connectivity index is 1.39. The number of aryl methyl sites for hydroxylation is 1. The highest BCUT2D eigenvalue weighted by atomic mass is 16.2. The number of aromatic nitrogens is 1. The molecule has 1 fully saturated rings. The van der Waals surface area contributed by atoms with Gasteiger partial charge in [0.05, 0.1) is 6.42 Å². The molecule has 1 aromatic carbocycles. The first kappa shape index (κ1) is 19.9. The van der Waals surface area contributed by atoms with Crippen molar-refractivity contribution in [2.75, 3.05) is 36.4 Å². The molecule has 1 aromatic heterocycles. The summed E-state index contributed by atoms with van der Waals surface area (Å²) in [5.74, 6) is 0.971. The van der Waals surface area contributed by atoms with E-state index >= 15 is 0 Å². The van der Waals surface area contributed by atoms with Crippen LogP contribution in [-0.2, 0) is 16.0 Å². The molecule has 0 radical (unpaired) electrons. The maximum atomic E-state index is 12.7. The van der Waals surface area contributed by atoms with Crippen molar-refractivity contribution >= 4 is 29.3 Å².